The highest BCUT2D eigenvalue weighted by Crippen LogP contribution is 2.33. The molecule has 28 heavy (non-hydrogen) atoms. The summed E-state index contributed by atoms with van der Waals surface area (Å²) in [5.41, 5.74) is 0.315. The molecule has 2 aromatic rings. The van der Waals surface area contributed by atoms with Crippen LogP contribution in [0.25, 0.3) is 0 Å². The number of nitro groups is 1. The highest BCUT2D eigenvalue weighted by Gasteiger charge is 2.28. The minimum atomic E-state index is -0.470. The molecular weight excluding hydrogens is 398 g/mol. The summed E-state index contributed by atoms with van der Waals surface area (Å²) in [6.07, 6.45) is 1.99. The number of non-ortho nitro benzene ring substituents is 1. The van der Waals surface area contributed by atoms with Gasteiger partial charge in [0.1, 0.15) is 0 Å². The summed E-state index contributed by atoms with van der Waals surface area (Å²) in [5.74, 6) is -0.267. The van der Waals surface area contributed by atoms with E-state index in [0.29, 0.717) is 17.0 Å². The number of carbonyl (C=O) groups excluding carboxylic acids is 1. The first-order valence-electron chi connectivity index (χ1n) is 8.97. The van der Waals surface area contributed by atoms with Crippen LogP contribution in [-0.2, 0) is 0 Å². The van der Waals surface area contributed by atoms with Gasteiger partial charge >= 0.3 is 0 Å². The Kier molecular flexibility index (Phi) is 7.86. The molecule has 6 nitrogen and oxygen atoms in total. The quantitative estimate of drug-likeness (QED) is 0.537. The van der Waals surface area contributed by atoms with E-state index in [1.54, 1.807) is 6.07 Å². The molecule has 8 heteroatoms. The first-order valence-corrected chi connectivity index (χ1v) is 9.79. The molecule has 3 rings (SSSR count). The van der Waals surface area contributed by atoms with Crippen molar-refractivity contribution >= 4 is 35.8 Å². The standard InChI is InChI=1S/C20H23N3O3S.ClH/c1-20(9-11-21-12-10-20)14-22-19(24)17-13-15(23(25)26)7-8-18(17)27-16-5-3-2-4-6-16;/h2-8,13,21H,9-12,14H2,1H3,(H,22,24);1H. The van der Waals surface area contributed by atoms with Gasteiger partial charge in [-0.05, 0) is 49.5 Å². The molecule has 1 fully saturated rings. The Morgan fingerprint density at radius 1 is 1.21 bits per heavy atom. The van der Waals surface area contributed by atoms with Crippen molar-refractivity contribution in [3.8, 4) is 0 Å². The summed E-state index contributed by atoms with van der Waals surface area (Å²) in [4.78, 5) is 25.2. The zero-order valence-corrected chi connectivity index (χ0v) is 17.3. The minimum Gasteiger partial charge on any atom is -0.351 e. The van der Waals surface area contributed by atoms with E-state index in [2.05, 4.69) is 17.6 Å². The maximum absolute atomic E-state index is 12.9. The summed E-state index contributed by atoms with van der Waals surface area (Å²) in [6, 6.07) is 14.1. The van der Waals surface area contributed by atoms with Crippen LogP contribution in [-0.4, -0.2) is 30.5 Å². The van der Waals surface area contributed by atoms with Gasteiger partial charge < -0.3 is 10.6 Å². The summed E-state index contributed by atoms with van der Waals surface area (Å²) in [5, 5.41) is 17.5. The topological polar surface area (TPSA) is 84.3 Å². The maximum atomic E-state index is 12.9. The van der Waals surface area contributed by atoms with Crippen LogP contribution < -0.4 is 10.6 Å². The molecule has 0 bridgehead atoms. The third-order valence-corrected chi connectivity index (χ3v) is 5.96. The van der Waals surface area contributed by atoms with Crippen molar-refractivity contribution in [2.45, 2.75) is 29.6 Å². The Labute approximate surface area is 175 Å². The fourth-order valence-corrected chi connectivity index (χ4v) is 4.05. The SMILES string of the molecule is CC1(CNC(=O)c2cc([N+](=O)[O-])ccc2Sc2ccccc2)CCNCC1.Cl. The lowest BCUT2D eigenvalue weighted by Crippen LogP contribution is -2.43. The lowest BCUT2D eigenvalue weighted by molar-refractivity contribution is -0.384. The molecule has 0 radical (unpaired) electrons. The molecule has 0 aromatic heterocycles. The molecule has 150 valence electrons. The molecule has 0 saturated carbocycles. The molecule has 0 unspecified atom stereocenters. The predicted octanol–water partition coefficient (Wildman–Crippen LogP) is 4.29. The summed E-state index contributed by atoms with van der Waals surface area (Å²) < 4.78 is 0. The number of nitro benzene ring substituents is 1. The van der Waals surface area contributed by atoms with Crippen LogP contribution in [0.1, 0.15) is 30.1 Å². The normalized spacial score (nSPS) is 15.3. The molecule has 2 aromatic carbocycles. The molecule has 1 heterocycles. The van der Waals surface area contributed by atoms with E-state index in [1.165, 1.54) is 23.9 Å². The number of hydrogen-bond acceptors (Lipinski definition) is 5. The van der Waals surface area contributed by atoms with E-state index in [4.69, 9.17) is 0 Å². The second-order valence-electron chi connectivity index (χ2n) is 7.10. The van der Waals surface area contributed by atoms with Crippen LogP contribution in [0.3, 0.4) is 0 Å². The number of nitrogens with one attached hydrogen (secondary N) is 2. The Morgan fingerprint density at radius 3 is 2.54 bits per heavy atom. The molecule has 1 aliphatic rings. The van der Waals surface area contributed by atoms with Gasteiger partial charge in [0.05, 0.1) is 10.5 Å². The van der Waals surface area contributed by atoms with Crippen molar-refractivity contribution in [3.05, 3.63) is 64.2 Å². The van der Waals surface area contributed by atoms with Crippen molar-refractivity contribution in [1.29, 1.82) is 0 Å². The molecule has 1 amide bonds. The van der Waals surface area contributed by atoms with E-state index in [1.807, 2.05) is 30.3 Å². The van der Waals surface area contributed by atoms with E-state index >= 15 is 0 Å². The van der Waals surface area contributed by atoms with Gasteiger partial charge in [0, 0.05) is 28.5 Å². The van der Waals surface area contributed by atoms with Crippen LogP contribution in [0.5, 0.6) is 0 Å². The summed E-state index contributed by atoms with van der Waals surface area (Å²) >= 11 is 1.43. The highest BCUT2D eigenvalue weighted by molar-refractivity contribution is 7.99. The fraction of sp³-hybridized carbons (Fsp3) is 0.350. The van der Waals surface area contributed by atoms with E-state index in [0.717, 1.165) is 30.8 Å². The van der Waals surface area contributed by atoms with E-state index < -0.39 is 4.92 Å². The average molecular weight is 422 g/mol. The Morgan fingerprint density at radius 2 is 1.89 bits per heavy atom. The number of carbonyl (C=O) groups is 1. The number of halogens is 1. The Bertz CT molecular complexity index is 827. The molecule has 0 aliphatic carbocycles. The largest absolute Gasteiger partial charge is 0.351 e. The Hall–Kier alpha value is -2.09. The second-order valence-corrected chi connectivity index (χ2v) is 8.21. The number of rotatable bonds is 6. The first-order chi connectivity index (χ1) is 13.0. The number of benzene rings is 2. The Balaban J connectivity index is 0.00000280. The minimum absolute atomic E-state index is 0. The van der Waals surface area contributed by atoms with Gasteiger partial charge in [-0.3, -0.25) is 14.9 Å². The molecule has 2 N–H and O–H groups in total. The highest BCUT2D eigenvalue weighted by atomic mass is 35.5. The molecule has 0 spiro atoms. The van der Waals surface area contributed by atoms with Crippen LogP contribution in [0.2, 0.25) is 0 Å². The van der Waals surface area contributed by atoms with Gasteiger partial charge in [0.25, 0.3) is 11.6 Å². The average Bonchev–Trinajstić information content (AvgIpc) is 2.68. The number of nitrogens with zero attached hydrogens (tertiary/aromatic N) is 1. The van der Waals surface area contributed by atoms with Gasteiger partial charge in [-0.25, -0.2) is 0 Å². The van der Waals surface area contributed by atoms with Gasteiger partial charge in [-0.15, -0.1) is 12.4 Å². The van der Waals surface area contributed by atoms with E-state index in [9.17, 15) is 14.9 Å². The third-order valence-electron chi connectivity index (χ3n) is 4.88. The zero-order valence-electron chi connectivity index (χ0n) is 15.6. The van der Waals surface area contributed by atoms with Gasteiger partial charge in [-0.2, -0.15) is 0 Å². The zero-order chi connectivity index (χ0) is 19.3. The first kappa shape index (κ1) is 22.2. The predicted molar refractivity (Wildman–Crippen MR) is 113 cm³/mol. The lowest BCUT2D eigenvalue weighted by atomic mass is 9.81. The van der Waals surface area contributed by atoms with Crippen molar-refractivity contribution in [2.24, 2.45) is 5.41 Å². The molecular formula is C20H24ClN3O3S. The van der Waals surface area contributed by atoms with Gasteiger partial charge in [0.2, 0.25) is 0 Å². The number of hydrogen-bond donors (Lipinski definition) is 2. The third kappa shape index (κ3) is 5.70. The van der Waals surface area contributed by atoms with Crippen LogP contribution in [0.4, 0.5) is 5.69 Å². The van der Waals surface area contributed by atoms with Crippen molar-refractivity contribution in [1.82, 2.24) is 10.6 Å². The van der Waals surface area contributed by atoms with Crippen LogP contribution in [0.15, 0.2) is 58.3 Å². The van der Waals surface area contributed by atoms with Gasteiger partial charge in [0.15, 0.2) is 0 Å². The monoisotopic (exact) mass is 421 g/mol. The fourth-order valence-electron chi connectivity index (χ4n) is 3.11. The molecule has 1 saturated heterocycles. The van der Waals surface area contributed by atoms with Crippen molar-refractivity contribution < 1.29 is 9.72 Å². The van der Waals surface area contributed by atoms with E-state index in [-0.39, 0.29) is 29.4 Å². The number of piperidine rings is 1. The lowest BCUT2D eigenvalue weighted by Gasteiger charge is -2.34. The second kappa shape index (κ2) is 9.91. The molecule has 0 atom stereocenters. The smallest absolute Gasteiger partial charge is 0.270 e. The summed E-state index contributed by atoms with van der Waals surface area (Å²) in [6.45, 7) is 4.61. The van der Waals surface area contributed by atoms with Gasteiger partial charge in [-0.1, -0.05) is 36.9 Å². The summed E-state index contributed by atoms with van der Waals surface area (Å²) in [7, 11) is 0. The van der Waals surface area contributed by atoms with Crippen LogP contribution >= 0.6 is 24.2 Å². The van der Waals surface area contributed by atoms with Crippen molar-refractivity contribution in [3.63, 3.8) is 0 Å². The number of amides is 1. The van der Waals surface area contributed by atoms with Crippen molar-refractivity contribution in [2.75, 3.05) is 19.6 Å². The molecule has 1 aliphatic heterocycles. The maximum Gasteiger partial charge on any atom is 0.270 e. The van der Waals surface area contributed by atoms with Crippen LogP contribution in [0, 0.1) is 15.5 Å².